The number of hydrogen-bond donors (Lipinski definition) is 0. The average Bonchev–Trinajstić information content (AvgIpc) is 3.61. The molecule has 0 N–H and O–H groups in total. The molecule has 2 heterocycles. The quantitative estimate of drug-likeness (QED) is 0.310. The van der Waals surface area contributed by atoms with Crippen LogP contribution in [0.5, 0.6) is 5.75 Å². The van der Waals surface area contributed by atoms with E-state index in [4.69, 9.17) is 14.2 Å². The number of halogens is 4. The fourth-order valence-corrected chi connectivity index (χ4v) is 5.79. The lowest BCUT2D eigenvalue weighted by Crippen LogP contribution is -2.34. The summed E-state index contributed by atoms with van der Waals surface area (Å²) in [5.74, 6) is -1.25. The molecule has 0 saturated heterocycles. The van der Waals surface area contributed by atoms with Crippen LogP contribution < -0.4 is 4.74 Å². The number of esters is 1. The van der Waals surface area contributed by atoms with Crippen molar-refractivity contribution in [2.45, 2.75) is 30.5 Å². The van der Waals surface area contributed by atoms with Gasteiger partial charge in [-0.15, -0.1) is 0 Å². The highest BCUT2D eigenvalue weighted by molar-refractivity contribution is 5.80. The van der Waals surface area contributed by atoms with Crippen molar-refractivity contribution >= 4 is 11.5 Å². The van der Waals surface area contributed by atoms with E-state index in [2.05, 4.69) is 4.98 Å². The first kappa shape index (κ1) is 26.0. The van der Waals surface area contributed by atoms with E-state index in [9.17, 15) is 22.4 Å². The molecule has 2 aromatic carbocycles. The molecule has 1 aliphatic heterocycles. The van der Waals surface area contributed by atoms with Crippen molar-refractivity contribution in [2.75, 3.05) is 20.8 Å². The topological polar surface area (TPSA) is 62.6 Å². The Morgan fingerprint density at radius 2 is 1.89 bits per heavy atom. The minimum Gasteiger partial charge on any atom is -0.496 e. The highest BCUT2D eigenvalue weighted by Crippen LogP contribution is 2.54. The minimum atomic E-state index is -4.59. The van der Waals surface area contributed by atoms with Crippen LogP contribution in [0.2, 0.25) is 0 Å². The number of ether oxygens (including phenoxy) is 3. The largest absolute Gasteiger partial charge is 0.496 e. The molecule has 0 amide bonds. The third kappa shape index (κ3) is 4.36. The van der Waals surface area contributed by atoms with Gasteiger partial charge in [-0.25, -0.2) is 9.37 Å². The molecule has 5 rings (SSSR count). The molecule has 200 valence electrons. The Hall–Kier alpha value is -3.66. The van der Waals surface area contributed by atoms with E-state index < -0.39 is 35.1 Å². The van der Waals surface area contributed by atoms with Crippen molar-refractivity contribution in [2.24, 2.45) is 13.0 Å². The van der Waals surface area contributed by atoms with Crippen molar-refractivity contribution < 1.29 is 36.6 Å². The summed E-state index contributed by atoms with van der Waals surface area (Å²) in [7, 11) is 4.11. The molecule has 6 nitrogen and oxygen atoms in total. The average molecular weight is 531 g/mol. The lowest BCUT2D eigenvalue weighted by molar-refractivity contribution is -0.146. The van der Waals surface area contributed by atoms with Gasteiger partial charge in [-0.05, 0) is 60.4 Å². The van der Waals surface area contributed by atoms with Crippen LogP contribution in [-0.2, 0) is 27.5 Å². The van der Waals surface area contributed by atoms with E-state index >= 15 is 0 Å². The SMILES string of the molecule is COC(=O)C1CCC2(C=C(c3cc(-c4ncn(C)c4C(F)(F)F)ccc3OC)CO2)C1c1ccc(F)cc1. The van der Waals surface area contributed by atoms with Gasteiger partial charge in [-0.3, -0.25) is 4.79 Å². The van der Waals surface area contributed by atoms with Crippen molar-refractivity contribution in [3.8, 4) is 17.0 Å². The summed E-state index contributed by atoms with van der Waals surface area (Å²) in [5.41, 5.74) is 0.384. The van der Waals surface area contributed by atoms with E-state index in [1.165, 1.54) is 39.5 Å². The monoisotopic (exact) mass is 530 g/mol. The summed E-state index contributed by atoms with van der Waals surface area (Å²) in [4.78, 5) is 16.7. The number of carbonyl (C=O) groups is 1. The second kappa shape index (κ2) is 9.58. The molecule has 1 spiro atoms. The number of hydrogen-bond acceptors (Lipinski definition) is 5. The molecule has 1 saturated carbocycles. The summed E-state index contributed by atoms with van der Waals surface area (Å²) in [6, 6.07) is 10.7. The smallest absolute Gasteiger partial charge is 0.433 e. The molecule has 3 aromatic rings. The maximum atomic E-state index is 13.8. The van der Waals surface area contributed by atoms with Crippen LogP contribution in [0.1, 0.15) is 35.6 Å². The number of rotatable bonds is 5. The van der Waals surface area contributed by atoms with Crippen molar-refractivity contribution in [3.63, 3.8) is 0 Å². The summed E-state index contributed by atoms with van der Waals surface area (Å²) in [6.07, 6.45) is -0.518. The second-order valence-corrected chi connectivity index (χ2v) is 9.58. The number of carbonyl (C=O) groups excluding carboxylic acids is 1. The van der Waals surface area contributed by atoms with E-state index in [1.807, 2.05) is 6.08 Å². The maximum Gasteiger partial charge on any atom is 0.433 e. The minimum absolute atomic E-state index is 0.153. The molecule has 38 heavy (non-hydrogen) atoms. The zero-order chi connectivity index (χ0) is 27.2. The first-order chi connectivity index (χ1) is 18.1. The van der Waals surface area contributed by atoms with Crippen molar-refractivity contribution in [1.82, 2.24) is 9.55 Å². The third-order valence-corrected chi connectivity index (χ3v) is 7.45. The van der Waals surface area contributed by atoms with Gasteiger partial charge >= 0.3 is 12.1 Å². The van der Waals surface area contributed by atoms with Crippen molar-refractivity contribution in [1.29, 1.82) is 0 Å². The molecule has 1 aromatic heterocycles. The molecule has 0 bridgehead atoms. The predicted octanol–water partition coefficient (Wildman–Crippen LogP) is 5.77. The number of aromatic nitrogens is 2. The maximum absolute atomic E-state index is 13.8. The van der Waals surface area contributed by atoms with E-state index in [0.29, 0.717) is 29.7 Å². The predicted molar refractivity (Wildman–Crippen MR) is 131 cm³/mol. The van der Waals surface area contributed by atoms with Crippen LogP contribution in [0.15, 0.2) is 54.9 Å². The lowest BCUT2D eigenvalue weighted by atomic mass is 9.79. The molecule has 1 fully saturated rings. The van der Waals surface area contributed by atoms with E-state index in [0.717, 1.165) is 16.5 Å². The van der Waals surface area contributed by atoms with Gasteiger partial charge in [0.05, 0.1) is 38.7 Å². The Labute approximate surface area is 216 Å². The van der Waals surface area contributed by atoms with Gasteiger partial charge < -0.3 is 18.8 Å². The van der Waals surface area contributed by atoms with Crippen molar-refractivity contribution in [3.05, 3.63) is 77.5 Å². The number of methoxy groups -OCH3 is 2. The first-order valence-corrected chi connectivity index (χ1v) is 12.0. The Balaban J connectivity index is 1.60. The van der Waals surface area contributed by atoms with Crippen LogP contribution in [0, 0.1) is 11.7 Å². The second-order valence-electron chi connectivity index (χ2n) is 9.58. The lowest BCUT2D eigenvalue weighted by Gasteiger charge is -2.31. The van der Waals surface area contributed by atoms with Crippen LogP contribution >= 0.6 is 0 Å². The molecule has 3 atom stereocenters. The molecular weight excluding hydrogens is 504 g/mol. The number of nitrogens with zero attached hydrogens (tertiary/aromatic N) is 2. The molecule has 1 aliphatic carbocycles. The van der Waals surface area contributed by atoms with Gasteiger partial charge in [0.1, 0.15) is 17.3 Å². The number of benzene rings is 2. The molecular formula is C28H26F4N2O4. The first-order valence-electron chi connectivity index (χ1n) is 12.0. The summed E-state index contributed by atoms with van der Waals surface area (Å²) >= 11 is 0. The van der Waals surface area contributed by atoms with Crippen LogP contribution in [0.3, 0.4) is 0 Å². The summed E-state index contributed by atoms with van der Waals surface area (Å²) in [5, 5.41) is 0. The molecule has 10 heteroatoms. The van der Waals surface area contributed by atoms with Gasteiger partial charge in [-0.2, -0.15) is 13.2 Å². The fraction of sp³-hybridized carbons (Fsp3) is 0.357. The Bertz CT molecular complexity index is 1400. The van der Waals surface area contributed by atoms with Crippen LogP contribution in [0.25, 0.3) is 16.8 Å². The Kier molecular flexibility index (Phi) is 6.54. The number of aryl methyl sites for hydroxylation is 1. The Morgan fingerprint density at radius 1 is 1.16 bits per heavy atom. The van der Waals surface area contributed by atoms with E-state index in [1.54, 1.807) is 24.3 Å². The zero-order valence-electron chi connectivity index (χ0n) is 21.0. The highest BCUT2D eigenvalue weighted by Gasteiger charge is 2.54. The molecule has 2 aliphatic rings. The highest BCUT2D eigenvalue weighted by atomic mass is 19.4. The summed E-state index contributed by atoms with van der Waals surface area (Å²) in [6.45, 7) is 0.153. The van der Waals surface area contributed by atoms with Gasteiger partial charge in [0.15, 0.2) is 5.69 Å². The van der Waals surface area contributed by atoms with E-state index in [-0.39, 0.29) is 23.8 Å². The number of imidazole rings is 1. The fourth-order valence-electron chi connectivity index (χ4n) is 5.79. The summed E-state index contributed by atoms with van der Waals surface area (Å²) < 4.78 is 72.9. The zero-order valence-corrected chi connectivity index (χ0v) is 21.0. The standard InChI is InChI=1S/C28H26F4N2O4/c1-34-15-33-24(25(34)28(30,31)32)17-6-9-22(36-2)21(12-17)18-13-27(38-14-18)11-10-20(26(35)37-3)23(27)16-4-7-19(29)8-5-16/h4-9,12-13,15,20,23H,10-11,14H2,1-3H3. The third-order valence-electron chi connectivity index (χ3n) is 7.45. The Morgan fingerprint density at radius 3 is 2.55 bits per heavy atom. The van der Waals surface area contributed by atoms with Crippen LogP contribution in [-0.4, -0.2) is 41.9 Å². The normalized spacial score (nSPS) is 23.1. The van der Waals surface area contributed by atoms with Gasteiger partial charge in [0, 0.05) is 24.1 Å². The molecule has 0 radical (unpaired) electrons. The molecule has 3 unspecified atom stereocenters. The van der Waals surface area contributed by atoms with Gasteiger partial charge in [0.2, 0.25) is 0 Å². The van der Waals surface area contributed by atoms with Gasteiger partial charge in [0.25, 0.3) is 0 Å². The van der Waals surface area contributed by atoms with Gasteiger partial charge in [-0.1, -0.05) is 12.1 Å². The van der Waals surface area contributed by atoms with Crippen LogP contribution in [0.4, 0.5) is 17.6 Å². The number of alkyl halides is 3.